The van der Waals surface area contributed by atoms with Gasteiger partial charge in [0.1, 0.15) is 0 Å². The van der Waals surface area contributed by atoms with Crippen LogP contribution in [0.15, 0.2) is 65.0 Å². The first-order chi connectivity index (χ1) is 12.3. The minimum absolute atomic E-state index is 0.230. The Labute approximate surface area is 153 Å². The second-order valence-corrected chi connectivity index (χ2v) is 7.52. The summed E-state index contributed by atoms with van der Waals surface area (Å²) >= 11 is 3.17. The van der Waals surface area contributed by atoms with E-state index in [-0.39, 0.29) is 5.91 Å². The van der Waals surface area contributed by atoms with Crippen LogP contribution in [-0.2, 0) is 11.3 Å². The zero-order chi connectivity index (χ0) is 17.2. The number of hydrogen-bond acceptors (Lipinski definition) is 3. The van der Waals surface area contributed by atoms with Crippen LogP contribution in [0.5, 0.6) is 0 Å². The van der Waals surface area contributed by atoms with E-state index in [9.17, 15) is 4.79 Å². The van der Waals surface area contributed by atoms with E-state index in [0.717, 1.165) is 21.7 Å². The molecule has 0 bridgehead atoms. The predicted octanol–water partition coefficient (Wildman–Crippen LogP) is 5.08. The molecule has 4 aromatic rings. The Kier molecular flexibility index (Phi) is 4.34. The first-order valence-electron chi connectivity index (χ1n) is 8.07. The highest BCUT2D eigenvalue weighted by Gasteiger charge is 2.09. The van der Waals surface area contributed by atoms with Gasteiger partial charge in [-0.15, -0.1) is 11.3 Å². The maximum absolute atomic E-state index is 12.3. The van der Waals surface area contributed by atoms with Crippen molar-refractivity contribution in [3.63, 3.8) is 0 Å². The van der Waals surface area contributed by atoms with E-state index in [4.69, 9.17) is 0 Å². The number of fused-ring (bicyclic) bond motifs is 3. The lowest BCUT2D eigenvalue weighted by Gasteiger charge is -2.02. The number of carbonyl (C=O) groups is 1. The molecule has 0 spiro atoms. The van der Waals surface area contributed by atoms with Crippen molar-refractivity contribution in [1.29, 1.82) is 0 Å². The van der Waals surface area contributed by atoms with Crippen LogP contribution in [-0.4, -0.2) is 10.5 Å². The Morgan fingerprint density at radius 1 is 1.16 bits per heavy atom. The molecule has 25 heavy (non-hydrogen) atoms. The zero-order valence-corrected chi connectivity index (χ0v) is 15.3. The van der Waals surface area contributed by atoms with Gasteiger partial charge in [0.15, 0.2) is 4.80 Å². The molecule has 124 valence electrons. The van der Waals surface area contributed by atoms with Gasteiger partial charge >= 0.3 is 0 Å². The van der Waals surface area contributed by atoms with Crippen LogP contribution in [0.2, 0.25) is 0 Å². The second-order valence-electron chi connectivity index (χ2n) is 5.56. The molecule has 2 heterocycles. The van der Waals surface area contributed by atoms with Crippen molar-refractivity contribution in [2.45, 2.75) is 13.5 Å². The lowest BCUT2D eigenvalue weighted by molar-refractivity contribution is -0.113. The molecule has 0 aliphatic rings. The second kappa shape index (κ2) is 6.78. The van der Waals surface area contributed by atoms with Crippen LogP contribution in [0.25, 0.3) is 27.1 Å². The molecular weight excluding hydrogens is 348 g/mol. The van der Waals surface area contributed by atoms with E-state index in [1.54, 1.807) is 22.7 Å². The molecule has 3 nitrogen and oxygen atoms in total. The van der Waals surface area contributed by atoms with Crippen LogP contribution in [0.1, 0.15) is 11.8 Å². The third-order valence-electron chi connectivity index (χ3n) is 4.03. The SMILES string of the molecule is CCn1c(=NC(=O)C=Cc2cccs2)sc2c3ccccc3ccc21. The number of thiazole rings is 1. The Bertz CT molecular complexity index is 1150. The number of rotatable bonds is 3. The summed E-state index contributed by atoms with van der Waals surface area (Å²) in [7, 11) is 0. The number of hydrogen-bond donors (Lipinski definition) is 0. The van der Waals surface area contributed by atoms with Crippen LogP contribution in [0.4, 0.5) is 0 Å². The molecule has 1 amide bonds. The average Bonchev–Trinajstić information content (AvgIpc) is 3.27. The van der Waals surface area contributed by atoms with E-state index < -0.39 is 0 Å². The highest BCUT2D eigenvalue weighted by Crippen LogP contribution is 2.27. The van der Waals surface area contributed by atoms with Gasteiger partial charge in [0, 0.05) is 22.9 Å². The van der Waals surface area contributed by atoms with Gasteiger partial charge in [0.2, 0.25) is 0 Å². The fourth-order valence-corrected chi connectivity index (χ4v) is 4.71. The molecule has 5 heteroatoms. The first-order valence-corrected chi connectivity index (χ1v) is 9.77. The molecule has 0 saturated heterocycles. The van der Waals surface area contributed by atoms with Gasteiger partial charge < -0.3 is 4.57 Å². The molecule has 0 unspecified atom stereocenters. The van der Waals surface area contributed by atoms with Gasteiger partial charge in [-0.3, -0.25) is 4.79 Å². The standard InChI is InChI=1S/C20H16N2OS2/c1-2-22-17-11-9-14-6-3-4-8-16(14)19(17)25-20(22)21-18(23)12-10-15-7-5-13-24-15/h3-13H,2H2,1H3. The lowest BCUT2D eigenvalue weighted by atomic mass is 10.1. The van der Waals surface area contributed by atoms with Crippen molar-refractivity contribution >= 4 is 55.6 Å². The maximum Gasteiger partial charge on any atom is 0.272 e. The molecule has 0 N–H and O–H groups in total. The Morgan fingerprint density at radius 3 is 2.84 bits per heavy atom. The quantitative estimate of drug-likeness (QED) is 0.467. The highest BCUT2D eigenvalue weighted by molar-refractivity contribution is 7.17. The maximum atomic E-state index is 12.3. The fraction of sp³-hybridized carbons (Fsp3) is 0.100. The van der Waals surface area contributed by atoms with Crippen LogP contribution >= 0.6 is 22.7 Å². The topological polar surface area (TPSA) is 34.4 Å². The normalized spacial score (nSPS) is 12.6. The van der Waals surface area contributed by atoms with Crippen molar-refractivity contribution < 1.29 is 4.79 Å². The number of thiophene rings is 1. The lowest BCUT2D eigenvalue weighted by Crippen LogP contribution is -2.15. The smallest absolute Gasteiger partial charge is 0.272 e. The summed E-state index contributed by atoms with van der Waals surface area (Å²) in [6.45, 7) is 2.85. The number of aromatic nitrogens is 1. The number of nitrogens with zero attached hydrogens (tertiary/aromatic N) is 2. The van der Waals surface area contributed by atoms with Crippen LogP contribution in [0, 0.1) is 0 Å². The Morgan fingerprint density at radius 2 is 2.04 bits per heavy atom. The summed E-state index contributed by atoms with van der Waals surface area (Å²) in [5.74, 6) is -0.230. The molecule has 0 atom stereocenters. The van der Waals surface area contributed by atoms with Gasteiger partial charge in [-0.1, -0.05) is 47.7 Å². The van der Waals surface area contributed by atoms with E-state index >= 15 is 0 Å². The molecule has 2 aromatic carbocycles. The molecule has 2 aromatic heterocycles. The zero-order valence-electron chi connectivity index (χ0n) is 13.7. The summed E-state index contributed by atoms with van der Waals surface area (Å²) in [5, 5.41) is 4.40. The number of amides is 1. The van der Waals surface area contributed by atoms with E-state index in [2.05, 4.69) is 40.7 Å². The molecule has 0 aliphatic heterocycles. The van der Waals surface area contributed by atoms with Crippen LogP contribution < -0.4 is 4.80 Å². The Hall–Kier alpha value is -2.50. The van der Waals surface area contributed by atoms with E-state index in [1.807, 2.05) is 35.7 Å². The number of aryl methyl sites for hydroxylation is 1. The van der Waals surface area contributed by atoms with Gasteiger partial charge in [-0.2, -0.15) is 4.99 Å². The van der Waals surface area contributed by atoms with Crippen molar-refractivity contribution in [3.8, 4) is 0 Å². The van der Waals surface area contributed by atoms with Gasteiger partial charge in [-0.25, -0.2) is 0 Å². The third-order valence-corrected chi connectivity index (χ3v) is 5.99. The van der Waals surface area contributed by atoms with Gasteiger partial charge in [-0.05, 0) is 35.9 Å². The molecule has 0 aliphatic carbocycles. The molecule has 0 fully saturated rings. The monoisotopic (exact) mass is 364 g/mol. The van der Waals surface area contributed by atoms with E-state index in [0.29, 0.717) is 0 Å². The van der Waals surface area contributed by atoms with Gasteiger partial charge in [0.05, 0.1) is 10.2 Å². The Balaban J connectivity index is 1.83. The largest absolute Gasteiger partial charge is 0.317 e. The molecule has 0 radical (unpaired) electrons. The third kappa shape index (κ3) is 3.08. The minimum atomic E-state index is -0.230. The number of benzene rings is 2. The summed E-state index contributed by atoms with van der Waals surface area (Å²) < 4.78 is 3.28. The highest BCUT2D eigenvalue weighted by atomic mass is 32.1. The van der Waals surface area contributed by atoms with Crippen molar-refractivity contribution in [1.82, 2.24) is 4.57 Å². The van der Waals surface area contributed by atoms with Crippen LogP contribution in [0.3, 0.4) is 0 Å². The fourth-order valence-electron chi connectivity index (χ4n) is 2.86. The molecule has 4 rings (SSSR count). The van der Waals surface area contributed by atoms with Crippen molar-refractivity contribution in [2.75, 3.05) is 0 Å². The summed E-state index contributed by atoms with van der Waals surface area (Å²) in [5.41, 5.74) is 1.12. The minimum Gasteiger partial charge on any atom is -0.317 e. The van der Waals surface area contributed by atoms with Crippen molar-refractivity contribution in [3.05, 3.63) is 69.7 Å². The number of carbonyl (C=O) groups excluding carboxylic acids is 1. The predicted molar refractivity (Wildman–Crippen MR) is 107 cm³/mol. The van der Waals surface area contributed by atoms with E-state index in [1.165, 1.54) is 21.5 Å². The molecular formula is C20H16N2OS2. The first kappa shape index (κ1) is 16.0. The molecule has 0 saturated carbocycles. The summed E-state index contributed by atoms with van der Waals surface area (Å²) in [6.07, 6.45) is 3.35. The van der Waals surface area contributed by atoms with Crippen molar-refractivity contribution in [2.24, 2.45) is 4.99 Å². The average molecular weight is 364 g/mol. The van der Waals surface area contributed by atoms with Gasteiger partial charge in [0.25, 0.3) is 5.91 Å². The summed E-state index contributed by atoms with van der Waals surface area (Å²) in [6, 6.07) is 16.5. The summed E-state index contributed by atoms with van der Waals surface area (Å²) in [4.78, 5) is 18.4.